The molecule has 1 aliphatic rings. The molecule has 96 valence electrons. The maximum Gasteiger partial charge on any atom is 0.203 e. The van der Waals surface area contributed by atoms with Crippen LogP contribution < -0.4 is 10.6 Å². The summed E-state index contributed by atoms with van der Waals surface area (Å²) in [6.07, 6.45) is 0. The van der Waals surface area contributed by atoms with Gasteiger partial charge in [-0.15, -0.1) is 0 Å². The Balaban J connectivity index is 2.95. The van der Waals surface area contributed by atoms with Gasteiger partial charge in [0.25, 0.3) is 0 Å². The third kappa shape index (κ3) is 4.54. The van der Waals surface area contributed by atoms with Gasteiger partial charge >= 0.3 is 0 Å². The van der Waals surface area contributed by atoms with E-state index in [1.807, 2.05) is 41.5 Å². The molecule has 0 aromatic rings. The summed E-state index contributed by atoms with van der Waals surface area (Å²) in [5.74, 6) is 2.31. The number of nitrogens with zero attached hydrogens (tertiary/aromatic N) is 3. The van der Waals surface area contributed by atoms with Gasteiger partial charge < -0.3 is 10.6 Å². The summed E-state index contributed by atoms with van der Waals surface area (Å²) < 4.78 is 0. The van der Waals surface area contributed by atoms with Gasteiger partial charge in [0, 0.05) is 18.1 Å². The molecular weight excluding hydrogens is 214 g/mol. The van der Waals surface area contributed by atoms with E-state index >= 15 is 0 Å². The van der Waals surface area contributed by atoms with Crippen molar-refractivity contribution in [1.82, 2.24) is 10.6 Å². The van der Waals surface area contributed by atoms with Crippen LogP contribution in [0, 0.1) is 0 Å². The summed E-state index contributed by atoms with van der Waals surface area (Å²) >= 11 is 0. The monoisotopic (exact) mass is 237 g/mol. The Morgan fingerprint density at radius 3 is 1.29 bits per heavy atom. The summed E-state index contributed by atoms with van der Waals surface area (Å²) in [5, 5.41) is 6.33. The van der Waals surface area contributed by atoms with Crippen LogP contribution in [-0.4, -0.2) is 35.8 Å². The Morgan fingerprint density at radius 1 is 0.647 bits per heavy atom. The van der Waals surface area contributed by atoms with E-state index in [1.165, 1.54) is 0 Å². The molecule has 1 saturated heterocycles. The fourth-order valence-corrected chi connectivity index (χ4v) is 1.40. The van der Waals surface area contributed by atoms with Crippen molar-refractivity contribution >= 4 is 17.6 Å². The molecule has 5 nitrogen and oxygen atoms in total. The molecule has 0 spiro atoms. The van der Waals surface area contributed by atoms with Crippen LogP contribution in [0.3, 0.4) is 0 Å². The van der Waals surface area contributed by atoms with Crippen LogP contribution in [0.15, 0.2) is 15.0 Å². The predicted octanol–water partition coefficient (Wildman–Crippen LogP) is 1.56. The van der Waals surface area contributed by atoms with Crippen LogP contribution in [0.4, 0.5) is 0 Å². The van der Waals surface area contributed by atoms with Gasteiger partial charge in [-0.05, 0) is 41.5 Å². The Bertz CT molecular complexity index is 322. The number of aliphatic imine (C=N–C) groups is 3. The van der Waals surface area contributed by atoms with Gasteiger partial charge in [0.15, 0.2) is 11.7 Å². The molecule has 2 N–H and O–H groups in total. The molecule has 17 heavy (non-hydrogen) atoms. The van der Waals surface area contributed by atoms with Gasteiger partial charge in [-0.2, -0.15) is 0 Å². The molecule has 1 heterocycles. The highest BCUT2D eigenvalue weighted by Crippen LogP contribution is 1.98. The number of hydrogen-bond acceptors (Lipinski definition) is 3. The molecule has 5 heteroatoms. The summed E-state index contributed by atoms with van der Waals surface area (Å²) in [7, 11) is 0. The third-order valence-electron chi connectivity index (χ3n) is 1.86. The van der Waals surface area contributed by atoms with Crippen LogP contribution in [0.1, 0.15) is 41.5 Å². The number of rotatable bonds is 3. The van der Waals surface area contributed by atoms with Crippen molar-refractivity contribution in [2.45, 2.75) is 59.7 Å². The normalized spacial score (nSPS) is 20.6. The van der Waals surface area contributed by atoms with Crippen molar-refractivity contribution in [2.24, 2.45) is 15.0 Å². The Morgan fingerprint density at radius 2 is 1.00 bits per heavy atom. The molecule has 0 atom stereocenters. The first kappa shape index (κ1) is 13.7. The summed E-state index contributed by atoms with van der Waals surface area (Å²) in [6, 6.07) is 0.703. The Kier molecular flexibility index (Phi) is 4.66. The summed E-state index contributed by atoms with van der Waals surface area (Å²) in [5.41, 5.74) is 0. The molecule has 0 aromatic heterocycles. The van der Waals surface area contributed by atoms with Crippen LogP contribution in [0.25, 0.3) is 0 Å². The Labute approximate surface area is 104 Å². The van der Waals surface area contributed by atoms with Crippen LogP contribution >= 0.6 is 0 Å². The number of guanidine groups is 1. The second kappa shape index (κ2) is 5.80. The molecule has 1 rings (SSSR count). The molecule has 0 bridgehead atoms. The summed E-state index contributed by atoms with van der Waals surface area (Å²) in [4.78, 5) is 13.4. The minimum Gasteiger partial charge on any atom is -0.308 e. The summed E-state index contributed by atoms with van der Waals surface area (Å²) in [6.45, 7) is 12.2. The van der Waals surface area contributed by atoms with Crippen molar-refractivity contribution < 1.29 is 0 Å². The van der Waals surface area contributed by atoms with Crippen molar-refractivity contribution in [3.8, 4) is 0 Å². The van der Waals surface area contributed by atoms with E-state index in [0.717, 1.165) is 17.6 Å². The lowest BCUT2D eigenvalue weighted by molar-refractivity contribution is 0.821. The highest BCUT2D eigenvalue weighted by molar-refractivity contribution is 6.50. The zero-order chi connectivity index (χ0) is 13.0. The van der Waals surface area contributed by atoms with Crippen molar-refractivity contribution in [1.29, 1.82) is 0 Å². The van der Waals surface area contributed by atoms with Crippen LogP contribution in [-0.2, 0) is 0 Å². The van der Waals surface area contributed by atoms with E-state index < -0.39 is 0 Å². The van der Waals surface area contributed by atoms with Gasteiger partial charge in [-0.3, -0.25) is 9.98 Å². The maximum atomic E-state index is 4.50. The standard InChI is InChI=1S/C12H23N5/c1-7(2)13-10-11(14-8(3)4)17-12(16-10)15-9(5)6/h7-9H,1-6H3,(H2,13,14,15,16,17). The zero-order valence-corrected chi connectivity index (χ0v) is 11.6. The quantitative estimate of drug-likeness (QED) is 0.782. The highest BCUT2D eigenvalue weighted by atomic mass is 15.3. The molecule has 0 aliphatic carbocycles. The largest absolute Gasteiger partial charge is 0.308 e. The van der Waals surface area contributed by atoms with E-state index in [-0.39, 0.29) is 18.1 Å². The van der Waals surface area contributed by atoms with Gasteiger partial charge in [-0.1, -0.05) is 0 Å². The molecule has 0 aromatic carbocycles. The smallest absolute Gasteiger partial charge is 0.203 e. The van der Waals surface area contributed by atoms with Gasteiger partial charge in [0.05, 0.1) is 0 Å². The molecule has 0 unspecified atom stereocenters. The van der Waals surface area contributed by atoms with Crippen molar-refractivity contribution in [3.63, 3.8) is 0 Å². The average molecular weight is 237 g/mol. The van der Waals surface area contributed by atoms with Gasteiger partial charge in [-0.25, -0.2) is 4.99 Å². The minimum absolute atomic E-state index is 0.232. The first-order valence-corrected chi connectivity index (χ1v) is 6.16. The zero-order valence-electron chi connectivity index (χ0n) is 11.6. The number of hydrogen-bond donors (Lipinski definition) is 2. The second-order valence-corrected chi connectivity index (χ2v) is 4.96. The fraction of sp³-hybridized carbons (Fsp3) is 0.750. The van der Waals surface area contributed by atoms with E-state index in [2.05, 4.69) is 25.6 Å². The second-order valence-electron chi connectivity index (χ2n) is 4.96. The minimum atomic E-state index is 0.232. The average Bonchev–Trinajstić information content (AvgIpc) is 2.44. The lowest BCUT2D eigenvalue weighted by Crippen LogP contribution is -2.27. The number of nitrogens with one attached hydrogen (secondary N) is 2. The first-order valence-electron chi connectivity index (χ1n) is 6.16. The molecular formula is C12H23N5. The molecule has 1 aliphatic heterocycles. The topological polar surface area (TPSA) is 61.1 Å². The highest BCUT2D eigenvalue weighted by Gasteiger charge is 2.22. The number of amidine groups is 2. The van der Waals surface area contributed by atoms with Crippen molar-refractivity contribution in [2.75, 3.05) is 0 Å². The lowest BCUT2D eigenvalue weighted by Gasteiger charge is -2.02. The first-order chi connectivity index (χ1) is 7.88. The Hall–Kier alpha value is -1.39. The molecule has 0 saturated carbocycles. The lowest BCUT2D eigenvalue weighted by atomic mass is 10.4. The van der Waals surface area contributed by atoms with E-state index in [1.54, 1.807) is 0 Å². The SMILES string of the molecule is CC(C)N=C1NC(=NC(C)C)C(=NC(C)C)N1. The van der Waals surface area contributed by atoms with E-state index in [0.29, 0.717) is 0 Å². The molecule has 0 amide bonds. The van der Waals surface area contributed by atoms with E-state index in [4.69, 9.17) is 0 Å². The van der Waals surface area contributed by atoms with Crippen LogP contribution in [0.5, 0.6) is 0 Å². The fourth-order valence-electron chi connectivity index (χ4n) is 1.40. The van der Waals surface area contributed by atoms with Gasteiger partial charge in [0.2, 0.25) is 5.96 Å². The van der Waals surface area contributed by atoms with Crippen LogP contribution in [0.2, 0.25) is 0 Å². The molecule has 0 radical (unpaired) electrons. The van der Waals surface area contributed by atoms with E-state index in [9.17, 15) is 0 Å². The van der Waals surface area contributed by atoms with Gasteiger partial charge in [0.1, 0.15) is 0 Å². The maximum absolute atomic E-state index is 4.50. The third-order valence-corrected chi connectivity index (χ3v) is 1.86. The molecule has 1 fully saturated rings. The predicted molar refractivity (Wildman–Crippen MR) is 74.0 cm³/mol. The van der Waals surface area contributed by atoms with Crippen molar-refractivity contribution in [3.05, 3.63) is 0 Å².